The van der Waals surface area contributed by atoms with Crippen molar-refractivity contribution in [1.29, 1.82) is 5.26 Å². The van der Waals surface area contributed by atoms with E-state index in [1.807, 2.05) is 42.8 Å². The third-order valence-electron chi connectivity index (χ3n) is 4.14. The molecule has 0 spiro atoms. The second kappa shape index (κ2) is 6.26. The molecule has 0 amide bonds. The van der Waals surface area contributed by atoms with Gasteiger partial charge in [0.25, 0.3) is 0 Å². The highest BCUT2D eigenvalue weighted by molar-refractivity contribution is 6.06. The Hall–Kier alpha value is -2.60. The molecule has 118 valence electrons. The van der Waals surface area contributed by atoms with Crippen LogP contribution in [0.15, 0.2) is 36.4 Å². The Bertz CT molecular complexity index is 794. The Kier molecular flexibility index (Phi) is 4.56. The molecule has 1 heterocycles. The molecule has 1 aromatic carbocycles. The van der Waals surface area contributed by atoms with Crippen LogP contribution in [-0.2, 0) is 12.5 Å². The van der Waals surface area contributed by atoms with Gasteiger partial charge in [0.1, 0.15) is 11.8 Å². The van der Waals surface area contributed by atoms with Crippen LogP contribution in [0.3, 0.4) is 0 Å². The molecule has 0 aliphatic rings. The monoisotopic (exact) mass is 306 g/mol. The molecule has 0 aliphatic carbocycles. The van der Waals surface area contributed by atoms with E-state index in [4.69, 9.17) is 5.26 Å². The van der Waals surface area contributed by atoms with E-state index in [0.717, 1.165) is 11.3 Å². The van der Waals surface area contributed by atoms with Crippen molar-refractivity contribution in [3.63, 3.8) is 0 Å². The average molecular weight is 306 g/mol. The Morgan fingerprint density at radius 2 is 1.83 bits per heavy atom. The summed E-state index contributed by atoms with van der Waals surface area (Å²) in [5, 5.41) is 9.04. The van der Waals surface area contributed by atoms with E-state index in [2.05, 4.69) is 26.8 Å². The van der Waals surface area contributed by atoms with E-state index in [0.29, 0.717) is 11.3 Å². The van der Waals surface area contributed by atoms with E-state index >= 15 is 0 Å². The highest BCUT2D eigenvalue weighted by Gasteiger charge is 2.13. The fourth-order valence-electron chi connectivity index (χ4n) is 2.40. The van der Waals surface area contributed by atoms with Gasteiger partial charge in [-0.05, 0) is 41.7 Å². The van der Waals surface area contributed by atoms with Crippen LogP contribution in [0.4, 0.5) is 0 Å². The average Bonchev–Trinajstić information content (AvgIpc) is 2.79. The van der Waals surface area contributed by atoms with Gasteiger partial charge >= 0.3 is 0 Å². The number of aromatic nitrogens is 1. The number of carbonyl (C=O) groups excluding carboxylic acids is 1. The molecule has 3 nitrogen and oxygen atoms in total. The second-order valence-corrected chi connectivity index (χ2v) is 6.77. The lowest BCUT2D eigenvalue weighted by Crippen LogP contribution is -2.11. The summed E-state index contributed by atoms with van der Waals surface area (Å²) in [7, 11) is 1.85. The van der Waals surface area contributed by atoms with Crippen LogP contribution in [0, 0.1) is 18.3 Å². The number of hydrogen-bond acceptors (Lipinski definition) is 2. The molecule has 3 heteroatoms. The third-order valence-corrected chi connectivity index (χ3v) is 4.14. The van der Waals surface area contributed by atoms with Crippen LogP contribution < -0.4 is 0 Å². The zero-order valence-electron chi connectivity index (χ0n) is 14.3. The summed E-state index contributed by atoms with van der Waals surface area (Å²) < 4.78 is 1.82. The minimum absolute atomic E-state index is 0.0350. The molecule has 2 rings (SSSR count). The summed E-state index contributed by atoms with van der Waals surface area (Å²) in [6, 6.07) is 11.7. The van der Waals surface area contributed by atoms with Crippen LogP contribution >= 0.6 is 0 Å². The van der Waals surface area contributed by atoms with Crippen molar-refractivity contribution in [3.8, 4) is 6.07 Å². The predicted octanol–water partition coefficient (Wildman–Crippen LogP) is 4.40. The van der Waals surface area contributed by atoms with Crippen molar-refractivity contribution in [3.05, 3.63) is 64.5 Å². The first-order valence-electron chi connectivity index (χ1n) is 7.63. The first-order valence-corrected chi connectivity index (χ1v) is 7.63. The second-order valence-electron chi connectivity index (χ2n) is 6.77. The van der Waals surface area contributed by atoms with Crippen LogP contribution in [0.25, 0.3) is 6.08 Å². The molecule has 0 fully saturated rings. The van der Waals surface area contributed by atoms with Gasteiger partial charge in [-0.2, -0.15) is 5.26 Å². The molecule has 1 aromatic heterocycles. The fraction of sp³-hybridized carbons (Fsp3) is 0.300. The van der Waals surface area contributed by atoms with E-state index in [1.165, 1.54) is 5.56 Å². The van der Waals surface area contributed by atoms with E-state index in [-0.39, 0.29) is 11.2 Å². The zero-order chi connectivity index (χ0) is 17.2. The van der Waals surface area contributed by atoms with Crippen LogP contribution in [-0.4, -0.2) is 10.4 Å². The number of benzene rings is 1. The van der Waals surface area contributed by atoms with Gasteiger partial charge in [0.15, 0.2) is 5.78 Å². The van der Waals surface area contributed by atoms with Crippen molar-refractivity contribution < 1.29 is 4.79 Å². The lowest BCUT2D eigenvalue weighted by molar-refractivity contribution is 0.104. The molecule has 0 aliphatic heterocycles. The van der Waals surface area contributed by atoms with Crippen molar-refractivity contribution in [2.24, 2.45) is 7.05 Å². The van der Waals surface area contributed by atoms with Crippen molar-refractivity contribution in [2.75, 3.05) is 0 Å². The largest absolute Gasteiger partial charge is 0.339 e. The first-order chi connectivity index (χ1) is 10.7. The quantitative estimate of drug-likeness (QED) is 0.623. The molecule has 0 saturated heterocycles. The maximum absolute atomic E-state index is 12.3. The summed E-state index contributed by atoms with van der Waals surface area (Å²) in [6.45, 7) is 8.38. The summed E-state index contributed by atoms with van der Waals surface area (Å²) >= 11 is 0. The molecule has 23 heavy (non-hydrogen) atoms. The summed E-state index contributed by atoms with van der Waals surface area (Å²) in [5.74, 6) is -0.0350. The summed E-state index contributed by atoms with van der Waals surface area (Å²) in [5.41, 5.74) is 4.40. The maximum atomic E-state index is 12.3. The number of ketones is 1. The lowest BCUT2D eigenvalue weighted by Gasteiger charge is -2.18. The Morgan fingerprint density at radius 1 is 1.22 bits per heavy atom. The predicted molar refractivity (Wildman–Crippen MR) is 93.4 cm³/mol. The van der Waals surface area contributed by atoms with Gasteiger partial charge in [0, 0.05) is 18.3 Å². The van der Waals surface area contributed by atoms with Crippen LogP contribution in [0.2, 0.25) is 0 Å². The van der Waals surface area contributed by atoms with Crippen molar-refractivity contribution in [2.45, 2.75) is 33.1 Å². The highest BCUT2D eigenvalue weighted by atomic mass is 16.1. The Balaban J connectivity index is 2.21. The topological polar surface area (TPSA) is 45.8 Å². The van der Waals surface area contributed by atoms with E-state index < -0.39 is 0 Å². The van der Waals surface area contributed by atoms with Crippen LogP contribution in [0.5, 0.6) is 0 Å². The molecule has 0 saturated carbocycles. The summed E-state index contributed by atoms with van der Waals surface area (Å²) in [4.78, 5) is 12.3. The molecule has 0 bridgehead atoms. The van der Waals surface area contributed by atoms with Gasteiger partial charge < -0.3 is 4.57 Å². The standard InChI is InChI=1S/C20H22N2O/c1-14-16(12-18(13-21)22(14)5)8-11-19(23)15-6-9-17(10-7-15)20(2,3)4/h6-12H,1-5H3/b11-8+. The Morgan fingerprint density at radius 3 is 2.30 bits per heavy atom. The number of allylic oxidation sites excluding steroid dienone is 1. The number of rotatable bonds is 3. The van der Waals surface area contributed by atoms with Gasteiger partial charge in [0.2, 0.25) is 0 Å². The lowest BCUT2D eigenvalue weighted by atomic mass is 9.86. The molecule has 2 aromatic rings. The SMILES string of the molecule is Cc1c(/C=C/C(=O)c2ccc(C(C)(C)C)cc2)cc(C#N)n1C. The normalized spacial score (nSPS) is 11.7. The maximum Gasteiger partial charge on any atom is 0.185 e. The zero-order valence-corrected chi connectivity index (χ0v) is 14.3. The minimum Gasteiger partial charge on any atom is -0.339 e. The molecule has 0 atom stereocenters. The fourth-order valence-corrected chi connectivity index (χ4v) is 2.40. The van der Waals surface area contributed by atoms with Gasteiger partial charge in [-0.3, -0.25) is 4.79 Å². The number of hydrogen-bond donors (Lipinski definition) is 0. The van der Waals surface area contributed by atoms with Crippen molar-refractivity contribution in [1.82, 2.24) is 4.57 Å². The molecule has 0 unspecified atom stereocenters. The molecular formula is C20H22N2O. The number of nitriles is 1. The van der Waals surface area contributed by atoms with E-state index in [9.17, 15) is 4.79 Å². The number of carbonyl (C=O) groups is 1. The van der Waals surface area contributed by atoms with Gasteiger partial charge in [-0.25, -0.2) is 0 Å². The number of nitrogens with zero attached hydrogens (tertiary/aromatic N) is 2. The van der Waals surface area contributed by atoms with Gasteiger partial charge in [-0.15, -0.1) is 0 Å². The Labute approximate surface area is 137 Å². The van der Waals surface area contributed by atoms with Crippen molar-refractivity contribution >= 4 is 11.9 Å². The molecule has 0 radical (unpaired) electrons. The third kappa shape index (κ3) is 3.60. The van der Waals surface area contributed by atoms with Gasteiger partial charge in [-0.1, -0.05) is 45.0 Å². The highest BCUT2D eigenvalue weighted by Crippen LogP contribution is 2.22. The summed E-state index contributed by atoms with van der Waals surface area (Å²) in [6.07, 6.45) is 3.34. The van der Waals surface area contributed by atoms with Gasteiger partial charge in [0.05, 0.1) is 0 Å². The molecular weight excluding hydrogens is 284 g/mol. The van der Waals surface area contributed by atoms with E-state index in [1.54, 1.807) is 18.2 Å². The minimum atomic E-state index is -0.0350. The smallest absolute Gasteiger partial charge is 0.185 e. The first kappa shape index (κ1) is 16.8. The molecule has 0 N–H and O–H groups in total. The van der Waals surface area contributed by atoms with Crippen LogP contribution in [0.1, 0.15) is 53.6 Å².